The highest BCUT2D eigenvalue weighted by Crippen LogP contribution is 2.53. The molecule has 4 aliphatic rings. The summed E-state index contributed by atoms with van der Waals surface area (Å²) in [5.74, 6) is -0.702. The van der Waals surface area contributed by atoms with Gasteiger partial charge >= 0.3 is 5.97 Å². The van der Waals surface area contributed by atoms with Crippen molar-refractivity contribution in [2.75, 3.05) is 48.3 Å². The summed E-state index contributed by atoms with van der Waals surface area (Å²) in [6.07, 6.45) is 6.69. The number of carboxylic acids is 1. The van der Waals surface area contributed by atoms with Gasteiger partial charge in [0.05, 0.1) is 40.5 Å². The number of likely N-dealkylation sites (tertiary alicyclic amines) is 1. The van der Waals surface area contributed by atoms with Gasteiger partial charge in [-0.1, -0.05) is 47.7 Å². The molecule has 16 nitrogen and oxygen atoms in total. The number of para-hydroxylation sites is 1. The molecule has 4 N–H and O–H groups in total. The fourth-order valence-corrected chi connectivity index (χ4v) is 12.3. The van der Waals surface area contributed by atoms with Crippen molar-refractivity contribution >= 4 is 78.7 Å². The number of hydrogen-bond acceptors (Lipinski definition) is 12. The molecule has 368 valence electrons. The number of anilines is 3. The summed E-state index contributed by atoms with van der Waals surface area (Å²) in [4.78, 5) is 77.5. The molecule has 3 aromatic heterocycles. The van der Waals surface area contributed by atoms with Crippen LogP contribution in [0, 0.1) is 18.3 Å². The number of carbonyl (C=O) groups is 5. The van der Waals surface area contributed by atoms with Crippen molar-refractivity contribution in [3.8, 4) is 16.9 Å². The van der Waals surface area contributed by atoms with Crippen molar-refractivity contribution in [3.05, 3.63) is 125 Å². The standard InChI is InChI=1S/C55H55N9O7S/c1-32-36(37-15-17-46(58-50(37)53(69)70)64-23-19-34-7-5-9-38(41(34)30-64)51(67)60-54-57-42-10-3-4-12-45(42)72-54)8-6-11-44(32)71-26-20-33-28-55(29-33)21-24-63(25-22-55)31-48(66)56-35-13-14-39-43(27-35)62(2)61-49(39)40-16-18-47(65)59-52(40)68/h3-15,17,27,33,40H,16,18-26,28-31H2,1-2H3,(H,56,66)(H,69,70)(H,57,60,67)(H,59,65,68). The molecular weight excluding hydrogens is 931 g/mol. The lowest BCUT2D eigenvalue weighted by molar-refractivity contribution is -0.134. The van der Waals surface area contributed by atoms with Gasteiger partial charge in [0, 0.05) is 48.8 Å². The van der Waals surface area contributed by atoms with Gasteiger partial charge in [-0.15, -0.1) is 0 Å². The van der Waals surface area contributed by atoms with Gasteiger partial charge in [0.25, 0.3) is 5.91 Å². The molecule has 3 aliphatic heterocycles. The number of fused-ring (bicyclic) bond motifs is 3. The first-order valence-electron chi connectivity index (χ1n) is 24.7. The number of ether oxygens (including phenoxy) is 1. The number of thiazole rings is 1. The fourth-order valence-electron chi connectivity index (χ4n) is 11.4. The number of piperidine rings is 2. The molecule has 1 aliphatic carbocycles. The van der Waals surface area contributed by atoms with Gasteiger partial charge in [0.15, 0.2) is 10.8 Å². The Morgan fingerprint density at radius 3 is 2.53 bits per heavy atom. The fraction of sp³-hybridized carbons (Fsp3) is 0.345. The number of hydrogen-bond donors (Lipinski definition) is 4. The largest absolute Gasteiger partial charge is 0.493 e. The maximum atomic E-state index is 13.6. The number of carbonyl (C=O) groups excluding carboxylic acids is 4. The predicted octanol–water partition coefficient (Wildman–Crippen LogP) is 8.49. The van der Waals surface area contributed by atoms with Crippen molar-refractivity contribution in [1.29, 1.82) is 0 Å². The van der Waals surface area contributed by atoms with Crippen LogP contribution in [0.3, 0.4) is 0 Å². The van der Waals surface area contributed by atoms with Gasteiger partial charge < -0.3 is 20.1 Å². The average Bonchev–Trinajstić information content (AvgIpc) is 3.93. The van der Waals surface area contributed by atoms with Crippen LogP contribution < -0.4 is 25.6 Å². The van der Waals surface area contributed by atoms with Crippen LogP contribution in [-0.4, -0.2) is 92.1 Å². The summed E-state index contributed by atoms with van der Waals surface area (Å²) < 4.78 is 9.10. The van der Waals surface area contributed by atoms with Gasteiger partial charge in [-0.05, 0) is 153 Å². The van der Waals surface area contributed by atoms with Crippen LogP contribution in [0.2, 0.25) is 0 Å². The second-order valence-electron chi connectivity index (χ2n) is 19.8. The molecule has 7 aromatic rings. The maximum Gasteiger partial charge on any atom is 0.355 e. The first kappa shape index (κ1) is 46.9. The van der Waals surface area contributed by atoms with Crippen molar-refractivity contribution in [2.45, 2.75) is 70.8 Å². The molecule has 1 atom stereocenters. The van der Waals surface area contributed by atoms with Crippen molar-refractivity contribution in [1.82, 2.24) is 30.0 Å². The number of aryl methyl sites for hydroxylation is 1. The molecular formula is C55H55N9O7S. The maximum absolute atomic E-state index is 13.6. The Balaban J connectivity index is 0.663. The quantitative estimate of drug-likeness (QED) is 0.0805. The van der Waals surface area contributed by atoms with Crippen molar-refractivity contribution in [3.63, 3.8) is 0 Å². The summed E-state index contributed by atoms with van der Waals surface area (Å²) in [7, 11) is 1.81. The Hall–Kier alpha value is -7.50. The van der Waals surface area contributed by atoms with E-state index in [2.05, 4.69) is 30.9 Å². The van der Waals surface area contributed by atoms with E-state index in [1.807, 2.05) is 110 Å². The summed E-state index contributed by atoms with van der Waals surface area (Å²) in [5, 5.41) is 24.9. The Morgan fingerprint density at radius 1 is 0.903 bits per heavy atom. The van der Waals surface area contributed by atoms with E-state index in [0.29, 0.717) is 83.9 Å². The summed E-state index contributed by atoms with van der Waals surface area (Å²) in [6.45, 7) is 5.58. The third-order valence-electron chi connectivity index (χ3n) is 15.3. The zero-order chi connectivity index (χ0) is 49.7. The van der Waals surface area contributed by atoms with Gasteiger partial charge in [-0.3, -0.25) is 39.4 Å². The Labute approximate surface area is 419 Å². The second-order valence-corrected chi connectivity index (χ2v) is 20.9. The lowest BCUT2D eigenvalue weighted by atomic mass is 9.57. The highest BCUT2D eigenvalue weighted by molar-refractivity contribution is 7.22. The van der Waals surface area contributed by atoms with E-state index >= 15 is 0 Å². The molecule has 4 aromatic carbocycles. The molecule has 17 heteroatoms. The minimum atomic E-state index is -1.12. The van der Waals surface area contributed by atoms with Crippen LogP contribution in [0.4, 0.5) is 16.6 Å². The van der Waals surface area contributed by atoms with Crippen LogP contribution in [0.5, 0.6) is 5.75 Å². The third-order valence-corrected chi connectivity index (χ3v) is 16.2. The van der Waals surface area contributed by atoms with E-state index in [-0.39, 0.29) is 35.7 Å². The molecule has 0 bridgehead atoms. The molecule has 4 amide bonds. The number of rotatable bonds is 13. The molecule has 1 unspecified atom stereocenters. The Morgan fingerprint density at radius 2 is 1.72 bits per heavy atom. The average molecular weight is 986 g/mol. The number of imide groups is 1. The van der Waals surface area contributed by atoms with Crippen LogP contribution in [0.15, 0.2) is 91.0 Å². The summed E-state index contributed by atoms with van der Waals surface area (Å²) >= 11 is 1.43. The zero-order valence-corrected chi connectivity index (χ0v) is 41.0. The first-order valence-corrected chi connectivity index (χ1v) is 25.5. The van der Waals surface area contributed by atoms with Crippen LogP contribution >= 0.6 is 11.3 Å². The number of pyridine rings is 1. The minimum absolute atomic E-state index is 0.0436. The highest BCUT2D eigenvalue weighted by atomic mass is 32.1. The first-order chi connectivity index (χ1) is 34.9. The van der Waals surface area contributed by atoms with Crippen LogP contribution in [0.1, 0.15) is 94.1 Å². The number of amides is 4. The Bertz CT molecular complexity index is 3280. The summed E-state index contributed by atoms with van der Waals surface area (Å²) in [5.41, 5.74) is 7.83. The van der Waals surface area contributed by atoms with Crippen molar-refractivity contribution in [2.24, 2.45) is 18.4 Å². The SMILES string of the molecule is Cc1c(OCCC2CC3(CCN(CC(=O)Nc4ccc5c(C6CCC(=O)NC6=O)nn(C)c5c4)CC3)C2)cccc1-c1ccc(N2CCc3cccc(C(=O)Nc4nc5ccccc5s4)c3C2)nc1C(=O)O. The van der Waals surface area contributed by atoms with E-state index in [9.17, 15) is 29.1 Å². The molecule has 11 rings (SSSR count). The monoisotopic (exact) mass is 985 g/mol. The molecule has 2 saturated heterocycles. The lowest BCUT2D eigenvalue weighted by Gasteiger charge is -2.52. The van der Waals surface area contributed by atoms with Crippen LogP contribution in [0.25, 0.3) is 32.2 Å². The molecule has 1 saturated carbocycles. The minimum Gasteiger partial charge on any atom is -0.493 e. The molecule has 0 radical (unpaired) electrons. The van der Waals surface area contributed by atoms with Crippen molar-refractivity contribution < 1.29 is 33.8 Å². The Kier molecular flexibility index (Phi) is 12.5. The molecule has 72 heavy (non-hydrogen) atoms. The zero-order valence-electron chi connectivity index (χ0n) is 40.2. The predicted molar refractivity (Wildman–Crippen MR) is 276 cm³/mol. The lowest BCUT2D eigenvalue weighted by Crippen LogP contribution is -2.48. The topological polar surface area (TPSA) is 201 Å². The summed E-state index contributed by atoms with van der Waals surface area (Å²) in [6, 6.07) is 28.6. The number of carboxylic acid groups (broad SMARTS) is 1. The third kappa shape index (κ3) is 9.29. The normalized spacial score (nSPS) is 17.9. The smallest absolute Gasteiger partial charge is 0.355 e. The number of aromatic nitrogens is 4. The van der Waals surface area contributed by atoms with Gasteiger partial charge in [-0.25, -0.2) is 14.8 Å². The number of aromatic carboxylic acids is 1. The molecule has 6 heterocycles. The van der Waals surface area contributed by atoms with Gasteiger partial charge in [-0.2, -0.15) is 5.10 Å². The molecule has 3 fully saturated rings. The number of nitrogens with one attached hydrogen (secondary N) is 3. The number of nitrogens with zero attached hydrogens (tertiary/aromatic N) is 6. The number of benzene rings is 4. The highest BCUT2D eigenvalue weighted by Gasteiger charge is 2.45. The van der Waals surface area contributed by atoms with E-state index in [4.69, 9.17) is 9.72 Å². The van der Waals surface area contributed by atoms with E-state index in [1.165, 1.54) is 11.3 Å². The van der Waals surface area contributed by atoms with E-state index in [1.54, 1.807) is 4.68 Å². The second kappa shape index (κ2) is 19.3. The molecule has 1 spiro atoms. The van der Waals surface area contributed by atoms with E-state index < -0.39 is 11.9 Å². The van der Waals surface area contributed by atoms with Gasteiger partial charge in [0.2, 0.25) is 17.7 Å². The van der Waals surface area contributed by atoms with Gasteiger partial charge in [0.1, 0.15) is 11.6 Å². The van der Waals surface area contributed by atoms with Crippen LogP contribution in [-0.2, 0) is 34.4 Å². The van der Waals surface area contributed by atoms with E-state index in [0.717, 1.165) is 94.3 Å².